The SMILES string of the molecule is CO[C@@H]1[C@@H](OC)[C@H](O[C@H]2C[C@@H]3O[C@@H]2CNC(=O)[C@@H]2C[C@H](O[C@@H]4OC[C@@H](OC)[C@H](OC)[C@H]4OC)[C@@H](CNC(=O)[C@H]4C[C@H](O[C@@H]5OC[C@@H](OC)[C@H](OC)[C@H]5OC)[C@@H](CNC3=O)O4)O2)OC[C@H]1OC. The molecule has 7 aliphatic heterocycles. The lowest BCUT2D eigenvalue weighted by molar-refractivity contribution is -0.296. The van der Waals surface area contributed by atoms with E-state index in [1.807, 2.05) is 0 Å². The molecule has 378 valence electrons. The highest BCUT2D eigenvalue weighted by molar-refractivity contribution is 5.83. The van der Waals surface area contributed by atoms with Crippen LogP contribution in [0, 0.1) is 0 Å². The van der Waals surface area contributed by atoms with Crippen molar-refractivity contribution in [3.63, 3.8) is 0 Å². The van der Waals surface area contributed by atoms with Crippen LogP contribution in [0.25, 0.3) is 0 Å². The van der Waals surface area contributed by atoms with Crippen molar-refractivity contribution in [3.05, 3.63) is 0 Å². The van der Waals surface area contributed by atoms with Crippen molar-refractivity contribution in [2.75, 3.05) is 103 Å². The number of carbonyl (C=O) groups is 3. The Labute approximate surface area is 384 Å². The molecule has 24 heteroatoms. The lowest BCUT2D eigenvalue weighted by Crippen LogP contribution is -2.57. The lowest BCUT2D eigenvalue weighted by atomic mass is 10.0. The number of ether oxygens (including phenoxy) is 18. The second-order valence-electron chi connectivity index (χ2n) is 17.1. The Morgan fingerprint density at radius 3 is 0.848 bits per heavy atom. The highest BCUT2D eigenvalue weighted by Crippen LogP contribution is 2.34. The van der Waals surface area contributed by atoms with Crippen molar-refractivity contribution in [3.8, 4) is 0 Å². The number of carbonyl (C=O) groups excluding carboxylic acids is 3. The molecule has 21 atom stereocenters. The summed E-state index contributed by atoms with van der Waals surface area (Å²) in [5, 5.41) is 8.79. The maximum Gasteiger partial charge on any atom is 0.249 e. The fourth-order valence-corrected chi connectivity index (χ4v) is 9.87. The van der Waals surface area contributed by atoms with Gasteiger partial charge in [0.25, 0.3) is 0 Å². The van der Waals surface area contributed by atoms with E-state index in [9.17, 15) is 14.4 Å². The molecular formula is C42H69N3O21. The maximum atomic E-state index is 14.0. The summed E-state index contributed by atoms with van der Waals surface area (Å²) in [6.45, 7) is 0.247. The zero-order chi connectivity index (χ0) is 47.1. The first kappa shape index (κ1) is 51.5. The molecule has 3 amide bonds. The highest BCUT2D eigenvalue weighted by atomic mass is 16.7. The Morgan fingerprint density at radius 1 is 0.364 bits per heavy atom. The van der Waals surface area contributed by atoms with Crippen LogP contribution in [-0.2, 0) is 99.6 Å². The zero-order valence-electron chi connectivity index (χ0n) is 39.1. The van der Waals surface area contributed by atoms with Gasteiger partial charge in [0.05, 0.1) is 38.1 Å². The first-order chi connectivity index (χ1) is 32.0. The maximum absolute atomic E-state index is 14.0. The quantitative estimate of drug-likeness (QED) is 0.150. The van der Waals surface area contributed by atoms with Gasteiger partial charge in [-0.1, -0.05) is 0 Å². The van der Waals surface area contributed by atoms with Gasteiger partial charge in [-0.3, -0.25) is 14.4 Å². The number of fused-ring (bicyclic) bond motifs is 6. The smallest absolute Gasteiger partial charge is 0.249 e. The van der Waals surface area contributed by atoms with Crippen LogP contribution in [0.2, 0.25) is 0 Å². The van der Waals surface area contributed by atoms with Gasteiger partial charge in [0.1, 0.15) is 91.6 Å². The van der Waals surface area contributed by atoms with Crippen molar-refractivity contribution in [2.24, 2.45) is 0 Å². The third-order valence-electron chi connectivity index (χ3n) is 13.5. The fourth-order valence-electron chi connectivity index (χ4n) is 9.87. The molecule has 0 spiro atoms. The summed E-state index contributed by atoms with van der Waals surface area (Å²) < 4.78 is 108. The van der Waals surface area contributed by atoms with E-state index in [0.29, 0.717) is 0 Å². The molecule has 24 nitrogen and oxygen atoms in total. The number of amides is 3. The topological polar surface area (TPSA) is 253 Å². The van der Waals surface area contributed by atoms with E-state index in [-0.39, 0.29) is 58.7 Å². The van der Waals surface area contributed by atoms with Crippen molar-refractivity contribution < 1.29 is 99.6 Å². The number of nitrogens with one attached hydrogen (secondary N) is 3. The predicted octanol–water partition coefficient (Wildman–Crippen LogP) is -2.82. The van der Waals surface area contributed by atoms with Gasteiger partial charge in [-0.05, 0) is 0 Å². The summed E-state index contributed by atoms with van der Waals surface area (Å²) in [5.41, 5.74) is 0. The minimum Gasteiger partial charge on any atom is -0.376 e. The Morgan fingerprint density at radius 2 is 0.621 bits per heavy atom. The van der Waals surface area contributed by atoms with Gasteiger partial charge >= 0.3 is 0 Å². The minimum atomic E-state index is -1.03. The number of hydrogen-bond acceptors (Lipinski definition) is 21. The first-order valence-electron chi connectivity index (χ1n) is 22.4. The van der Waals surface area contributed by atoms with Crippen LogP contribution in [-0.4, -0.2) is 250 Å². The minimum absolute atomic E-state index is 0.0674. The van der Waals surface area contributed by atoms with E-state index in [0.717, 1.165) is 0 Å². The van der Waals surface area contributed by atoms with Crippen LogP contribution in [0.1, 0.15) is 19.3 Å². The largest absolute Gasteiger partial charge is 0.376 e. The van der Waals surface area contributed by atoms with Crippen LogP contribution >= 0.6 is 0 Å². The molecule has 0 aromatic rings. The molecule has 7 heterocycles. The Hall–Kier alpha value is -2.31. The van der Waals surface area contributed by atoms with Gasteiger partial charge in [0.15, 0.2) is 18.9 Å². The Kier molecular flexibility index (Phi) is 18.7. The third kappa shape index (κ3) is 11.3. The van der Waals surface area contributed by atoms with E-state index in [2.05, 4.69) is 16.0 Å². The second-order valence-corrected chi connectivity index (χ2v) is 17.1. The zero-order valence-corrected chi connectivity index (χ0v) is 39.1. The normalized spacial score (nSPS) is 44.9. The molecule has 0 saturated carbocycles. The van der Waals surface area contributed by atoms with Crippen LogP contribution in [0.3, 0.4) is 0 Å². The average molecular weight is 952 g/mol. The predicted molar refractivity (Wildman–Crippen MR) is 220 cm³/mol. The van der Waals surface area contributed by atoms with Gasteiger partial charge < -0.3 is 101 Å². The van der Waals surface area contributed by atoms with Crippen molar-refractivity contribution in [1.82, 2.24) is 16.0 Å². The third-order valence-corrected chi connectivity index (χ3v) is 13.5. The van der Waals surface area contributed by atoms with Gasteiger partial charge in [-0.15, -0.1) is 0 Å². The molecule has 0 aliphatic carbocycles. The molecule has 7 saturated heterocycles. The number of hydrogen-bond donors (Lipinski definition) is 3. The summed E-state index contributed by atoms with van der Waals surface area (Å²) in [6, 6.07) is 0. The van der Waals surface area contributed by atoms with Crippen LogP contribution in [0.15, 0.2) is 0 Å². The summed E-state index contributed by atoms with van der Waals surface area (Å²) >= 11 is 0. The summed E-state index contributed by atoms with van der Waals surface area (Å²) in [7, 11) is 13.8. The molecule has 66 heavy (non-hydrogen) atoms. The van der Waals surface area contributed by atoms with Crippen molar-refractivity contribution in [1.29, 1.82) is 0 Å². The summed E-state index contributed by atoms with van der Waals surface area (Å²) in [4.78, 5) is 42.0. The molecule has 6 bridgehead atoms. The second kappa shape index (κ2) is 24.0. The summed E-state index contributed by atoms with van der Waals surface area (Å²) in [6.07, 6.45) is -15.4. The lowest BCUT2D eigenvalue weighted by Gasteiger charge is -2.41. The number of methoxy groups -OCH3 is 9. The van der Waals surface area contributed by atoms with Gasteiger partial charge in [-0.25, -0.2) is 0 Å². The molecule has 3 N–H and O–H groups in total. The molecular weight excluding hydrogens is 882 g/mol. The highest BCUT2D eigenvalue weighted by Gasteiger charge is 2.52. The van der Waals surface area contributed by atoms with Crippen molar-refractivity contribution >= 4 is 17.7 Å². The van der Waals surface area contributed by atoms with E-state index in [1.165, 1.54) is 21.3 Å². The van der Waals surface area contributed by atoms with E-state index < -0.39 is 146 Å². The van der Waals surface area contributed by atoms with E-state index in [1.54, 1.807) is 42.7 Å². The first-order valence-corrected chi connectivity index (χ1v) is 22.4. The summed E-state index contributed by atoms with van der Waals surface area (Å²) in [5.74, 6) is -1.43. The standard InChI is InChI=1S/C42H69N3O21/c1-49-28-16-58-40(34(55-7)31(28)52-4)64-19-10-22-37(46)44-14-26-21(66-42-36(57-9)33(54-6)30(51-3)18-60-42)12-24(63-26)39(48)45-15-27-20(11-23(62-27)38(47)43-13-25(19)61-22)65-41-35(56-8)32(53-5)29(50-2)17-59-41/h19-36,40-42H,10-18H2,1-9H3,(H,43,47)(H,44,46)(H,45,48)/t19-,20-,21-,22-,23-,24+,25+,26+,27+,28+,29+,30+,31-,32-,33-,34+,35+,36+,40-,41-,42-/m0/s1. The van der Waals surface area contributed by atoms with Gasteiger partial charge in [-0.2, -0.15) is 0 Å². The Balaban J connectivity index is 1.13. The van der Waals surface area contributed by atoms with Gasteiger partial charge in [0.2, 0.25) is 17.7 Å². The van der Waals surface area contributed by atoms with Crippen LogP contribution in [0.4, 0.5) is 0 Å². The van der Waals surface area contributed by atoms with Crippen LogP contribution in [0.5, 0.6) is 0 Å². The Bertz CT molecular complexity index is 1400. The van der Waals surface area contributed by atoms with E-state index >= 15 is 0 Å². The monoisotopic (exact) mass is 951 g/mol. The van der Waals surface area contributed by atoms with Crippen LogP contribution < -0.4 is 16.0 Å². The molecule has 0 aromatic carbocycles. The molecule has 7 fully saturated rings. The van der Waals surface area contributed by atoms with E-state index in [4.69, 9.17) is 85.3 Å². The molecule has 0 radical (unpaired) electrons. The molecule has 0 aromatic heterocycles. The molecule has 7 rings (SSSR count). The fraction of sp³-hybridized carbons (Fsp3) is 0.929. The molecule has 7 aliphatic rings. The average Bonchev–Trinajstić information content (AvgIpc) is 4.07. The van der Waals surface area contributed by atoms with Gasteiger partial charge in [0, 0.05) is 103 Å². The van der Waals surface area contributed by atoms with Crippen molar-refractivity contribution in [2.45, 2.75) is 148 Å². The number of rotatable bonds is 15. The molecule has 0 unspecified atom stereocenters.